The van der Waals surface area contributed by atoms with Gasteiger partial charge in [0.15, 0.2) is 5.43 Å². The van der Waals surface area contributed by atoms with Gasteiger partial charge < -0.3 is 9.67 Å². The molecule has 0 saturated heterocycles. The minimum atomic E-state index is -0.730. The summed E-state index contributed by atoms with van der Waals surface area (Å²) in [6.07, 6.45) is 1.88. The molecule has 1 rings (SSSR count). The van der Waals surface area contributed by atoms with E-state index in [1.165, 1.54) is 0 Å². The zero-order valence-electron chi connectivity index (χ0n) is 12.8. The molecule has 0 amide bonds. The van der Waals surface area contributed by atoms with Crippen molar-refractivity contribution in [2.24, 2.45) is 11.8 Å². The van der Waals surface area contributed by atoms with Gasteiger partial charge in [-0.2, -0.15) is 0 Å². The van der Waals surface area contributed by atoms with Crippen molar-refractivity contribution in [1.29, 1.82) is 0 Å². The van der Waals surface area contributed by atoms with Gasteiger partial charge in [-0.05, 0) is 38.5 Å². The molecule has 1 aromatic rings. The van der Waals surface area contributed by atoms with Crippen molar-refractivity contribution < 1.29 is 9.90 Å². The highest BCUT2D eigenvalue weighted by atomic mass is 16.4. The predicted molar refractivity (Wildman–Crippen MR) is 80.0 cm³/mol. The van der Waals surface area contributed by atoms with E-state index in [9.17, 15) is 9.59 Å². The lowest BCUT2D eigenvalue weighted by molar-refractivity contribution is -0.137. The van der Waals surface area contributed by atoms with Crippen molar-refractivity contribution in [3.8, 4) is 0 Å². The van der Waals surface area contributed by atoms with Crippen LogP contribution in [-0.4, -0.2) is 15.6 Å². The van der Waals surface area contributed by atoms with Crippen LogP contribution in [-0.2, 0) is 11.3 Å². The first-order valence-electron chi connectivity index (χ1n) is 7.21. The van der Waals surface area contributed by atoms with Gasteiger partial charge in [-0.3, -0.25) is 9.59 Å². The average Bonchev–Trinajstić information content (AvgIpc) is 2.30. The summed E-state index contributed by atoms with van der Waals surface area (Å²) in [7, 11) is 0. The van der Waals surface area contributed by atoms with Crippen molar-refractivity contribution in [2.45, 2.75) is 53.5 Å². The molecule has 0 radical (unpaired) electrons. The van der Waals surface area contributed by atoms with Gasteiger partial charge in [-0.1, -0.05) is 13.8 Å². The van der Waals surface area contributed by atoms with Gasteiger partial charge >= 0.3 is 5.97 Å². The fourth-order valence-electron chi connectivity index (χ4n) is 2.65. The number of rotatable bonds is 7. The van der Waals surface area contributed by atoms with Gasteiger partial charge in [-0.15, -0.1) is 0 Å². The molecule has 0 fully saturated rings. The molecule has 0 bridgehead atoms. The zero-order chi connectivity index (χ0) is 15.3. The second kappa shape index (κ2) is 7.27. The number of aromatic nitrogens is 1. The second-order valence-corrected chi connectivity index (χ2v) is 5.85. The summed E-state index contributed by atoms with van der Waals surface area (Å²) in [4.78, 5) is 22.1. The van der Waals surface area contributed by atoms with Gasteiger partial charge in [0, 0.05) is 36.5 Å². The summed E-state index contributed by atoms with van der Waals surface area (Å²) >= 11 is 0. The van der Waals surface area contributed by atoms with E-state index < -0.39 is 5.97 Å². The van der Waals surface area contributed by atoms with Crippen LogP contribution in [0, 0.1) is 25.7 Å². The third kappa shape index (κ3) is 4.83. The summed E-state index contributed by atoms with van der Waals surface area (Å²) < 4.78 is 2.14. The van der Waals surface area contributed by atoms with Crippen LogP contribution >= 0.6 is 0 Å². The van der Waals surface area contributed by atoms with E-state index in [4.69, 9.17) is 5.11 Å². The number of carboxylic acid groups (broad SMARTS) is 1. The summed E-state index contributed by atoms with van der Waals surface area (Å²) in [6.45, 7) is 8.99. The predicted octanol–water partition coefficient (Wildman–Crippen LogP) is 2.99. The van der Waals surface area contributed by atoms with Gasteiger partial charge in [0.2, 0.25) is 0 Å². The molecule has 20 heavy (non-hydrogen) atoms. The topological polar surface area (TPSA) is 59.3 Å². The van der Waals surface area contributed by atoms with E-state index >= 15 is 0 Å². The first kappa shape index (κ1) is 16.5. The SMILES string of the molecule is Cc1cc(=O)cc(C)n1CCC(CCC(=O)O)C(C)C. The van der Waals surface area contributed by atoms with Crippen LogP contribution in [0.4, 0.5) is 0 Å². The maximum absolute atomic E-state index is 11.4. The van der Waals surface area contributed by atoms with E-state index in [0.29, 0.717) is 18.3 Å². The Labute approximate surface area is 120 Å². The van der Waals surface area contributed by atoms with Gasteiger partial charge in [0.1, 0.15) is 0 Å². The number of carboxylic acids is 1. The summed E-state index contributed by atoms with van der Waals surface area (Å²) in [6, 6.07) is 3.29. The fourth-order valence-corrected chi connectivity index (χ4v) is 2.65. The molecule has 4 nitrogen and oxygen atoms in total. The molecule has 1 unspecified atom stereocenters. The quantitative estimate of drug-likeness (QED) is 0.834. The third-order valence-electron chi connectivity index (χ3n) is 3.95. The lowest BCUT2D eigenvalue weighted by Crippen LogP contribution is -2.18. The molecule has 0 aliphatic carbocycles. The molecule has 1 heterocycles. The number of nitrogens with zero attached hydrogens (tertiary/aromatic N) is 1. The molecule has 4 heteroatoms. The van der Waals surface area contributed by atoms with Crippen LogP contribution in [0.1, 0.15) is 44.5 Å². The van der Waals surface area contributed by atoms with E-state index in [-0.39, 0.29) is 11.8 Å². The highest BCUT2D eigenvalue weighted by Crippen LogP contribution is 2.22. The lowest BCUT2D eigenvalue weighted by Gasteiger charge is -2.22. The normalized spacial score (nSPS) is 12.7. The van der Waals surface area contributed by atoms with Gasteiger partial charge in [-0.25, -0.2) is 0 Å². The maximum atomic E-state index is 11.4. The highest BCUT2D eigenvalue weighted by molar-refractivity contribution is 5.66. The first-order valence-corrected chi connectivity index (χ1v) is 7.21. The molecular weight excluding hydrogens is 254 g/mol. The fraction of sp³-hybridized carbons (Fsp3) is 0.625. The Bertz CT molecular complexity index is 491. The number of carbonyl (C=O) groups is 1. The molecule has 1 atom stereocenters. The second-order valence-electron chi connectivity index (χ2n) is 5.85. The molecule has 0 aromatic carbocycles. The van der Waals surface area contributed by atoms with Gasteiger partial charge in [0.05, 0.1) is 0 Å². The molecule has 1 N–H and O–H groups in total. The minimum Gasteiger partial charge on any atom is -0.481 e. The van der Waals surface area contributed by atoms with Crippen molar-refractivity contribution in [1.82, 2.24) is 4.57 Å². The van der Waals surface area contributed by atoms with Crippen molar-refractivity contribution >= 4 is 5.97 Å². The Morgan fingerprint density at radius 3 is 2.20 bits per heavy atom. The molecule has 112 valence electrons. The Hall–Kier alpha value is -1.58. The Morgan fingerprint density at radius 1 is 1.20 bits per heavy atom. The highest BCUT2D eigenvalue weighted by Gasteiger charge is 2.15. The van der Waals surface area contributed by atoms with Crippen LogP contribution in [0.25, 0.3) is 0 Å². The lowest BCUT2D eigenvalue weighted by atomic mass is 9.88. The monoisotopic (exact) mass is 279 g/mol. The number of hydrogen-bond acceptors (Lipinski definition) is 2. The van der Waals surface area contributed by atoms with E-state index in [0.717, 1.165) is 24.4 Å². The first-order chi connectivity index (χ1) is 9.31. The van der Waals surface area contributed by atoms with Crippen molar-refractivity contribution in [3.05, 3.63) is 33.7 Å². The standard InChI is InChI=1S/C16H25NO3/c1-11(2)14(5-6-16(19)20)7-8-17-12(3)9-15(18)10-13(17)4/h9-11,14H,5-8H2,1-4H3,(H,19,20). The largest absolute Gasteiger partial charge is 0.481 e. The molecular formula is C16H25NO3. The Morgan fingerprint density at radius 2 is 1.75 bits per heavy atom. The van der Waals surface area contributed by atoms with Crippen molar-refractivity contribution in [3.63, 3.8) is 0 Å². The average molecular weight is 279 g/mol. The van der Waals surface area contributed by atoms with Crippen LogP contribution in [0.3, 0.4) is 0 Å². The zero-order valence-corrected chi connectivity index (χ0v) is 12.8. The van der Waals surface area contributed by atoms with E-state index in [1.807, 2.05) is 13.8 Å². The van der Waals surface area contributed by atoms with E-state index in [2.05, 4.69) is 18.4 Å². The smallest absolute Gasteiger partial charge is 0.303 e. The molecule has 1 aromatic heterocycles. The van der Waals surface area contributed by atoms with Crippen molar-refractivity contribution in [2.75, 3.05) is 0 Å². The third-order valence-corrected chi connectivity index (χ3v) is 3.95. The van der Waals surface area contributed by atoms with Crippen LogP contribution in [0.5, 0.6) is 0 Å². The Balaban J connectivity index is 2.72. The molecule has 0 aliphatic heterocycles. The minimum absolute atomic E-state index is 0.0440. The van der Waals surface area contributed by atoms with Crippen LogP contribution < -0.4 is 5.43 Å². The number of pyridine rings is 1. The summed E-state index contributed by atoms with van der Waals surface area (Å²) in [5.74, 6) is 0.130. The molecule has 0 saturated carbocycles. The summed E-state index contributed by atoms with van der Waals surface area (Å²) in [5.41, 5.74) is 1.98. The van der Waals surface area contributed by atoms with Gasteiger partial charge in [0.25, 0.3) is 0 Å². The van der Waals surface area contributed by atoms with Crippen LogP contribution in [0.15, 0.2) is 16.9 Å². The molecule has 0 spiro atoms. The summed E-state index contributed by atoms with van der Waals surface area (Å²) in [5, 5.41) is 8.81. The molecule has 0 aliphatic rings. The number of aryl methyl sites for hydroxylation is 2. The number of aliphatic carboxylic acids is 1. The van der Waals surface area contributed by atoms with E-state index in [1.54, 1.807) is 12.1 Å². The maximum Gasteiger partial charge on any atom is 0.303 e. The Kier molecular flexibility index (Phi) is 5.99. The van der Waals surface area contributed by atoms with Crippen LogP contribution in [0.2, 0.25) is 0 Å². The number of hydrogen-bond donors (Lipinski definition) is 1.